The van der Waals surface area contributed by atoms with E-state index in [1.807, 2.05) is 24.4 Å². The molecule has 36 heavy (non-hydrogen) atoms. The van der Waals surface area contributed by atoms with Crippen molar-refractivity contribution in [1.29, 1.82) is 0 Å². The Balaban J connectivity index is 1.43. The number of hydrogen-bond acceptors (Lipinski definition) is 6. The van der Waals surface area contributed by atoms with Crippen molar-refractivity contribution in [2.45, 2.75) is 26.4 Å². The van der Waals surface area contributed by atoms with Crippen LogP contribution in [0.15, 0.2) is 61.4 Å². The van der Waals surface area contributed by atoms with Crippen molar-refractivity contribution in [2.75, 3.05) is 10.6 Å². The maximum Gasteiger partial charge on any atom is 0.413 e. The first-order chi connectivity index (χ1) is 17.0. The Morgan fingerprint density at radius 3 is 2.31 bits per heavy atom. The predicted molar refractivity (Wildman–Crippen MR) is 134 cm³/mol. The smallest absolute Gasteiger partial charge is 0.413 e. The SMILES string of the molecule is Cn1cc(-c2ccc(NC(=O)c3nc(NC(=O)OC(C)(C)C)cn3C)cc2)cc1C(=O)n1ccnc1. The number of ether oxygens (including phenoxy) is 1. The van der Waals surface area contributed by atoms with Crippen LogP contribution in [0.4, 0.5) is 16.3 Å². The van der Waals surface area contributed by atoms with Crippen LogP contribution < -0.4 is 10.6 Å². The van der Waals surface area contributed by atoms with E-state index in [4.69, 9.17) is 4.74 Å². The number of nitrogens with one attached hydrogen (secondary N) is 2. The summed E-state index contributed by atoms with van der Waals surface area (Å²) in [6, 6.07) is 9.04. The highest BCUT2D eigenvalue weighted by molar-refractivity contribution is 6.02. The standard InChI is InChI=1S/C25H27N7O4/c1-25(2,3)36-24(35)29-20-14-31(5)21(28-20)22(33)27-18-8-6-16(7-9-18)17-12-19(30(4)13-17)23(34)32-11-10-26-15-32/h6-15H,1-5H3,(H,27,33)(H,29,35). The number of aryl methyl sites for hydroxylation is 2. The minimum atomic E-state index is -0.654. The highest BCUT2D eigenvalue weighted by Gasteiger charge is 2.20. The monoisotopic (exact) mass is 489 g/mol. The molecular formula is C25H27N7O4. The van der Waals surface area contributed by atoms with Gasteiger partial charge < -0.3 is 19.2 Å². The van der Waals surface area contributed by atoms with E-state index in [1.165, 1.54) is 21.7 Å². The van der Waals surface area contributed by atoms with Crippen LogP contribution in [-0.4, -0.2) is 47.2 Å². The molecule has 0 atom stereocenters. The van der Waals surface area contributed by atoms with Gasteiger partial charge in [-0.25, -0.2) is 14.8 Å². The summed E-state index contributed by atoms with van der Waals surface area (Å²) < 4.78 is 9.91. The first-order valence-corrected chi connectivity index (χ1v) is 11.1. The second kappa shape index (κ2) is 9.53. The number of nitrogens with zero attached hydrogens (tertiary/aromatic N) is 5. The second-order valence-electron chi connectivity index (χ2n) is 9.22. The Morgan fingerprint density at radius 1 is 0.944 bits per heavy atom. The van der Waals surface area contributed by atoms with Gasteiger partial charge in [0.2, 0.25) is 5.82 Å². The molecule has 0 aliphatic carbocycles. The molecule has 0 aliphatic heterocycles. The average molecular weight is 490 g/mol. The zero-order chi connectivity index (χ0) is 26.0. The molecule has 1 aromatic carbocycles. The summed E-state index contributed by atoms with van der Waals surface area (Å²) in [6.07, 6.45) is 7.36. The van der Waals surface area contributed by atoms with Gasteiger partial charge in [0.1, 0.15) is 17.6 Å². The van der Waals surface area contributed by atoms with E-state index in [9.17, 15) is 14.4 Å². The fourth-order valence-corrected chi connectivity index (χ4v) is 3.53. The maximum absolute atomic E-state index is 12.8. The highest BCUT2D eigenvalue weighted by Crippen LogP contribution is 2.24. The van der Waals surface area contributed by atoms with E-state index in [2.05, 4.69) is 20.6 Å². The van der Waals surface area contributed by atoms with Crippen molar-refractivity contribution in [3.8, 4) is 11.1 Å². The maximum atomic E-state index is 12.8. The molecule has 0 saturated carbocycles. The minimum absolute atomic E-state index is 0.121. The van der Waals surface area contributed by atoms with Crippen LogP contribution in [0.25, 0.3) is 11.1 Å². The number of carbonyl (C=O) groups is 3. The first-order valence-electron chi connectivity index (χ1n) is 11.1. The van der Waals surface area contributed by atoms with Gasteiger partial charge >= 0.3 is 6.09 Å². The molecule has 0 fully saturated rings. The van der Waals surface area contributed by atoms with Crippen LogP contribution in [0, 0.1) is 0 Å². The van der Waals surface area contributed by atoms with Crippen LogP contribution >= 0.6 is 0 Å². The van der Waals surface area contributed by atoms with Crippen LogP contribution in [0.3, 0.4) is 0 Å². The fraction of sp³-hybridized carbons (Fsp3) is 0.240. The Labute approximate surface area is 207 Å². The molecule has 0 saturated heterocycles. The molecule has 2 amide bonds. The molecule has 11 heteroatoms. The van der Waals surface area contributed by atoms with Gasteiger partial charge in [-0.3, -0.25) is 19.5 Å². The molecule has 4 aromatic rings. The number of amides is 2. The number of rotatable bonds is 5. The summed E-state index contributed by atoms with van der Waals surface area (Å²) >= 11 is 0. The molecule has 3 aromatic heterocycles. The van der Waals surface area contributed by atoms with Gasteiger partial charge in [0, 0.05) is 50.1 Å². The largest absolute Gasteiger partial charge is 0.444 e. The molecule has 0 bridgehead atoms. The topological polar surface area (TPSA) is 125 Å². The van der Waals surface area contributed by atoms with Gasteiger partial charge in [0.05, 0.1) is 0 Å². The quantitative estimate of drug-likeness (QED) is 0.438. The number of anilines is 2. The van der Waals surface area contributed by atoms with E-state index in [-0.39, 0.29) is 17.5 Å². The van der Waals surface area contributed by atoms with Gasteiger partial charge in [-0.15, -0.1) is 0 Å². The van der Waals surface area contributed by atoms with Crippen molar-refractivity contribution in [1.82, 2.24) is 23.7 Å². The minimum Gasteiger partial charge on any atom is -0.444 e. The molecule has 11 nitrogen and oxygen atoms in total. The molecule has 3 heterocycles. The van der Waals surface area contributed by atoms with Crippen LogP contribution in [0.2, 0.25) is 0 Å². The Hall–Kier alpha value is -4.67. The Morgan fingerprint density at radius 2 is 1.67 bits per heavy atom. The van der Waals surface area contributed by atoms with Gasteiger partial charge in [0.25, 0.3) is 11.8 Å². The number of benzene rings is 1. The third-order valence-electron chi connectivity index (χ3n) is 5.15. The van der Waals surface area contributed by atoms with Gasteiger partial charge in [-0.2, -0.15) is 0 Å². The lowest BCUT2D eigenvalue weighted by Gasteiger charge is -2.18. The first kappa shape index (κ1) is 24.5. The Bertz CT molecular complexity index is 1410. The average Bonchev–Trinajstić information content (AvgIpc) is 3.53. The molecule has 4 rings (SSSR count). The van der Waals surface area contributed by atoms with Crippen molar-refractivity contribution in [3.63, 3.8) is 0 Å². The third kappa shape index (κ3) is 5.52. The van der Waals surface area contributed by atoms with Gasteiger partial charge in [-0.05, 0) is 44.5 Å². The van der Waals surface area contributed by atoms with Crippen molar-refractivity contribution >= 4 is 29.4 Å². The van der Waals surface area contributed by atoms with Crippen LogP contribution in [0.1, 0.15) is 41.9 Å². The van der Waals surface area contributed by atoms with Crippen LogP contribution in [-0.2, 0) is 18.8 Å². The lowest BCUT2D eigenvalue weighted by molar-refractivity contribution is 0.0634. The molecule has 2 N–H and O–H groups in total. The molecule has 0 aliphatic rings. The van der Waals surface area contributed by atoms with E-state index < -0.39 is 17.6 Å². The fourth-order valence-electron chi connectivity index (χ4n) is 3.53. The summed E-state index contributed by atoms with van der Waals surface area (Å²) in [5.74, 6) is -0.288. The van der Waals surface area contributed by atoms with Crippen molar-refractivity contribution < 1.29 is 19.1 Å². The highest BCUT2D eigenvalue weighted by atomic mass is 16.6. The zero-order valence-corrected chi connectivity index (χ0v) is 20.6. The van der Waals surface area contributed by atoms with Gasteiger partial charge in [0.15, 0.2) is 5.82 Å². The summed E-state index contributed by atoms with van der Waals surface area (Å²) in [5.41, 5.74) is 2.18. The van der Waals surface area contributed by atoms with Crippen molar-refractivity contribution in [3.05, 3.63) is 73.0 Å². The number of imidazole rings is 2. The number of carbonyl (C=O) groups excluding carboxylic acids is 3. The molecule has 0 unspecified atom stereocenters. The number of aromatic nitrogens is 5. The lowest BCUT2D eigenvalue weighted by Crippen LogP contribution is -2.27. The molecular weight excluding hydrogens is 462 g/mol. The summed E-state index contributed by atoms with van der Waals surface area (Å²) in [4.78, 5) is 45.5. The van der Waals surface area contributed by atoms with E-state index in [0.29, 0.717) is 11.4 Å². The molecule has 186 valence electrons. The summed E-state index contributed by atoms with van der Waals surface area (Å²) in [7, 11) is 3.46. The zero-order valence-electron chi connectivity index (χ0n) is 20.6. The Kier molecular flexibility index (Phi) is 6.47. The lowest BCUT2D eigenvalue weighted by atomic mass is 10.1. The van der Waals surface area contributed by atoms with E-state index >= 15 is 0 Å². The van der Waals surface area contributed by atoms with E-state index in [1.54, 1.807) is 64.0 Å². The summed E-state index contributed by atoms with van der Waals surface area (Å²) in [6.45, 7) is 5.27. The second-order valence-corrected chi connectivity index (χ2v) is 9.22. The van der Waals surface area contributed by atoms with Crippen LogP contribution in [0.5, 0.6) is 0 Å². The number of hydrogen-bond donors (Lipinski definition) is 2. The third-order valence-corrected chi connectivity index (χ3v) is 5.15. The van der Waals surface area contributed by atoms with Gasteiger partial charge in [-0.1, -0.05) is 12.1 Å². The molecule has 0 spiro atoms. The molecule has 0 radical (unpaired) electrons. The van der Waals surface area contributed by atoms with E-state index in [0.717, 1.165) is 11.1 Å². The predicted octanol–water partition coefficient (Wildman–Crippen LogP) is 3.91. The normalized spacial score (nSPS) is 11.2. The van der Waals surface area contributed by atoms with Crippen molar-refractivity contribution in [2.24, 2.45) is 14.1 Å². The summed E-state index contributed by atoms with van der Waals surface area (Å²) in [5, 5.41) is 5.32.